The molecule has 0 saturated heterocycles. The first kappa shape index (κ1) is 16.4. The maximum atomic E-state index is 12.0. The van der Waals surface area contributed by atoms with Gasteiger partial charge in [-0.1, -0.05) is 30.3 Å². The van der Waals surface area contributed by atoms with Crippen molar-refractivity contribution >= 4 is 23.5 Å². The molecule has 112 valence electrons. The molecule has 1 amide bonds. The summed E-state index contributed by atoms with van der Waals surface area (Å²) in [5, 5.41) is 2.50. The molecule has 0 atom stereocenters. The number of nitrogens with one attached hydrogen (secondary N) is 1. The minimum Gasteiger partial charge on any atom is -0.460 e. The zero-order valence-corrected chi connectivity index (χ0v) is 12.1. The third kappa shape index (κ3) is 5.10. The normalized spacial score (nSPS) is 11.2. The summed E-state index contributed by atoms with van der Waals surface area (Å²) in [7, 11) is 0. The second-order valence-corrected chi connectivity index (χ2v) is 4.07. The number of benzene rings is 1. The predicted molar refractivity (Wildman–Crippen MR) is 75.6 cm³/mol. The zero-order valence-electron chi connectivity index (χ0n) is 12.1. The molecule has 0 aliphatic heterocycles. The second-order valence-electron chi connectivity index (χ2n) is 4.07. The maximum absolute atomic E-state index is 12.0. The van der Waals surface area contributed by atoms with Gasteiger partial charge in [0.1, 0.15) is 0 Å². The van der Waals surface area contributed by atoms with Crippen molar-refractivity contribution in [2.45, 2.75) is 20.8 Å². The quantitative estimate of drug-likeness (QED) is 0.506. The number of hydrogen-bond acceptors (Lipinski definition) is 5. The van der Waals surface area contributed by atoms with Gasteiger partial charge in [-0.15, -0.1) is 0 Å². The van der Waals surface area contributed by atoms with Gasteiger partial charge >= 0.3 is 11.9 Å². The summed E-state index contributed by atoms with van der Waals surface area (Å²) < 4.78 is 9.80. The molecular formula is C15H17NO5. The van der Waals surface area contributed by atoms with Crippen LogP contribution in [-0.4, -0.2) is 24.5 Å². The Morgan fingerprint density at radius 1 is 1.10 bits per heavy atom. The molecule has 0 bridgehead atoms. The van der Waals surface area contributed by atoms with Gasteiger partial charge in [0.15, 0.2) is 0 Å². The first-order valence-electron chi connectivity index (χ1n) is 6.38. The molecule has 0 heterocycles. The smallest absolute Gasteiger partial charge is 0.376 e. The number of carbonyl (C=O) groups is 3. The van der Waals surface area contributed by atoms with E-state index in [1.165, 1.54) is 6.92 Å². The highest BCUT2D eigenvalue weighted by Crippen LogP contribution is 2.18. The monoisotopic (exact) mass is 291 g/mol. The highest BCUT2D eigenvalue weighted by molar-refractivity contribution is 6.00. The minimum atomic E-state index is -0.819. The van der Waals surface area contributed by atoms with E-state index in [0.717, 1.165) is 6.92 Å². The van der Waals surface area contributed by atoms with Crippen LogP contribution in [0.2, 0.25) is 0 Å². The van der Waals surface area contributed by atoms with E-state index in [9.17, 15) is 14.4 Å². The molecule has 1 rings (SSSR count). The summed E-state index contributed by atoms with van der Waals surface area (Å²) in [6.45, 7) is 4.20. The van der Waals surface area contributed by atoms with Crippen molar-refractivity contribution in [3.05, 3.63) is 41.7 Å². The van der Waals surface area contributed by atoms with Crippen molar-refractivity contribution in [2.24, 2.45) is 0 Å². The summed E-state index contributed by atoms with van der Waals surface area (Å²) in [4.78, 5) is 34.5. The molecule has 0 saturated carbocycles. The Morgan fingerprint density at radius 2 is 1.71 bits per heavy atom. The lowest BCUT2D eigenvalue weighted by Gasteiger charge is -2.14. The Hall–Kier alpha value is -2.63. The van der Waals surface area contributed by atoms with E-state index >= 15 is 0 Å². The van der Waals surface area contributed by atoms with Crippen LogP contribution < -0.4 is 5.32 Å². The summed E-state index contributed by atoms with van der Waals surface area (Å²) in [6.07, 6.45) is 0. The van der Waals surface area contributed by atoms with Gasteiger partial charge in [0, 0.05) is 19.4 Å². The van der Waals surface area contributed by atoms with Gasteiger partial charge in [-0.25, -0.2) is 4.79 Å². The molecule has 1 N–H and O–H groups in total. The maximum Gasteiger partial charge on any atom is 0.376 e. The predicted octanol–water partition coefficient (Wildman–Crippen LogP) is 1.62. The summed E-state index contributed by atoms with van der Waals surface area (Å²) in [5.41, 5.74) is 0.619. The van der Waals surface area contributed by atoms with Crippen molar-refractivity contribution in [2.75, 3.05) is 6.61 Å². The fourth-order valence-electron chi connectivity index (χ4n) is 1.58. The van der Waals surface area contributed by atoms with Gasteiger partial charge in [-0.3, -0.25) is 9.59 Å². The Balaban J connectivity index is 3.39. The molecule has 0 aliphatic carbocycles. The van der Waals surface area contributed by atoms with E-state index < -0.39 is 17.8 Å². The molecule has 0 aromatic heterocycles. The van der Waals surface area contributed by atoms with E-state index in [4.69, 9.17) is 9.47 Å². The van der Waals surface area contributed by atoms with Crippen molar-refractivity contribution < 1.29 is 23.9 Å². The van der Waals surface area contributed by atoms with Crippen LogP contribution in [0, 0.1) is 0 Å². The molecule has 1 aromatic carbocycles. The molecule has 0 spiro atoms. The Bertz CT molecular complexity index is 563. The lowest BCUT2D eigenvalue weighted by Crippen LogP contribution is -2.25. The third-order valence-electron chi connectivity index (χ3n) is 2.30. The Labute approximate surface area is 122 Å². The van der Waals surface area contributed by atoms with Crippen LogP contribution in [0.4, 0.5) is 0 Å². The third-order valence-corrected chi connectivity index (χ3v) is 2.30. The zero-order chi connectivity index (χ0) is 15.8. The largest absolute Gasteiger partial charge is 0.460 e. The van der Waals surface area contributed by atoms with Crippen LogP contribution in [0.15, 0.2) is 36.1 Å². The van der Waals surface area contributed by atoms with Gasteiger partial charge < -0.3 is 14.8 Å². The van der Waals surface area contributed by atoms with E-state index in [0.29, 0.717) is 5.56 Å². The highest BCUT2D eigenvalue weighted by Gasteiger charge is 2.22. The average Bonchev–Trinajstić information content (AvgIpc) is 2.43. The number of carbonyl (C=O) groups excluding carboxylic acids is 3. The fraction of sp³-hybridized carbons (Fsp3) is 0.267. The van der Waals surface area contributed by atoms with Crippen molar-refractivity contribution in [3.63, 3.8) is 0 Å². The van der Waals surface area contributed by atoms with Gasteiger partial charge in [0.2, 0.25) is 11.7 Å². The SMILES string of the molecule is CCOC(=O)/C(OC(C)=O)=C(\NC(C)=O)c1ccccc1. The van der Waals surface area contributed by atoms with Gasteiger partial charge in [-0.05, 0) is 6.92 Å². The van der Waals surface area contributed by atoms with Crippen LogP contribution in [0.25, 0.3) is 5.70 Å². The molecule has 6 nitrogen and oxygen atoms in total. The highest BCUT2D eigenvalue weighted by atomic mass is 16.6. The first-order chi connectivity index (χ1) is 9.95. The Morgan fingerprint density at radius 3 is 2.19 bits per heavy atom. The molecule has 0 unspecified atom stereocenters. The number of hydrogen-bond donors (Lipinski definition) is 1. The Kier molecular flexibility index (Phi) is 6.13. The standard InChI is InChI=1S/C15H17NO5/c1-4-20-15(19)14(21-11(3)18)13(16-10(2)17)12-8-6-5-7-9-12/h5-9H,4H2,1-3H3,(H,16,17)/b14-13+. The van der Waals surface area contributed by atoms with E-state index in [1.807, 2.05) is 0 Å². The number of rotatable bonds is 5. The van der Waals surface area contributed by atoms with E-state index in [1.54, 1.807) is 37.3 Å². The van der Waals surface area contributed by atoms with Crippen molar-refractivity contribution in [3.8, 4) is 0 Å². The first-order valence-corrected chi connectivity index (χ1v) is 6.38. The number of amides is 1. The second kappa shape index (κ2) is 7.84. The lowest BCUT2D eigenvalue weighted by atomic mass is 10.1. The fourth-order valence-corrected chi connectivity index (χ4v) is 1.58. The molecule has 0 radical (unpaired) electrons. The van der Waals surface area contributed by atoms with Crippen molar-refractivity contribution in [1.29, 1.82) is 0 Å². The van der Waals surface area contributed by atoms with Crippen LogP contribution >= 0.6 is 0 Å². The van der Waals surface area contributed by atoms with Crippen LogP contribution in [-0.2, 0) is 23.9 Å². The van der Waals surface area contributed by atoms with E-state index in [-0.39, 0.29) is 18.1 Å². The number of esters is 2. The lowest BCUT2D eigenvalue weighted by molar-refractivity contribution is -0.149. The molecule has 0 fully saturated rings. The van der Waals surface area contributed by atoms with Crippen molar-refractivity contribution in [1.82, 2.24) is 5.32 Å². The van der Waals surface area contributed by atoms with Gasteiger partial charge in [0.25, 0.3) is 0 Å². The molecule has 21 heavy (non-hydrogen) atoms. The summed E-state index contributed by atoms with van der Waals surface area (Å²) >= 11 is 0. The molecule has 6 heteroatoms. The molecule has 0 aliphatic rings. The molecule has 1 aromatic rings. The van der Waals surface area contributed by atoms with E-state index in [2.05, 4.69) is 5.32 Å². The van der Waals surface area contributed by atoms with Crippen LogP contribution in [0.1, 0.15) is 26.3 Å². The van der Waals surface area contributed by atoms with Gasteiger partial charge in [0.05, 0.1) is 12.3 Å². The van der Waals surface area contributed by atoms with Gasteiger partial charge in [-0.2, -0.15) is 0 Å². The number of ether oxygens (including phenoxy) is 2. The molecular weight excluding hydrogens is 274 g/mol. The van der Waals surface area contributed by atoms with Crippen LogP contribution in [0.5, 0.6) is 0 Å². The summed E-state index contributed by atoms with van der Waals surface area (Å²) in [6, 6.07) is 8.59. The topological polar surface area (TPSA) is 81.7 Å². The average molecular weight is 291 g/mol. The van der Waals surface area contributed by atoms with Crippen LogP contribution in [0.3, 0.4) is 0 Å². The summed E-state index contributed by atoms with van der Waals surface area (Å²) in [5.74, 6) is -2.24. The minimum absolute atomic E-state index is 0.0942.